The number of unbranched alkanes of at least 4 members (excludes halogenated alkanes) is 1. The average molecular weight is 368 g/mol. The third-order valence-corrected chi connectivity index (χ3v) is 6.69. The molecule has 0 spiro atoms. The molecular formula is C21H31F3N2. The molecule has 0 saturated heterocycles. The average Bonchev–Trinajstić information content (AvgIpc) is 2.66. The molecule has 2 aliphatic carbocycles. The lowest BCUT2D eigenvalue weighted by molar-refractivity contribution is -0.145. The van der Waals surface area contributed by atoms with E-state index < -0.39 is 12.0 Å². The molecule has 0 unspecified atom stereocenters. The number of rotatable bonds is 5. The number of hydrogen-bond donors (Lipinski definition) is 0. The molecule has 0 aliphatic heterocycles. The minimum Gasteiger partial charge on any atom is -0.233 e. The van der Waals surface area contributed by atoms with E-state index in [4.69, 9.17) is 0 Å². The van der Waals surface area contributed by atoms with Gasteiger partial charge in [0, 0.05) is 12.4 Å². The van der Waals surface area contributed by atoms with Crippen molar-refractivity contribution in [3.63, 3.8) is 0 Å². The topological polar surface area (TPSA) is 25.8 Å². The molecule has 3 rings (SSSR count). The molecule has 146 valence electrons. The summed E-state index contributed by atoms with van der Waals surface area (Å²) < 4.78 is 37.8. The Labute approximate surface area is 155 Å². The molecular weight excluding hydrogens is 337 g/mol. The van der Waals surface area contributed by atoms with Crippen LogP contribution in [0.15, 0.2) is 12.4 Å². The van der Waals surface area contributed by atoms with Gasteiger partial charge < -0.3 is 0 Å². The summed E-state index contributed by atoms with van der Waals surface area (Å²) in [5, 5.41) is 0. The fourth-order valence-electron chi connectivity index (χ4n) is 5.06. The highest BCUT2D eigenvalue weighted by molar-refractivity contribution is 5.13. The summed E-state index contributed by atoms with van der Waals surface area (Å²) in [5.74, 6) is 1.93. The molecule has 1 heterocycles. The van der Waals surface area contributed by atoms with Crippen LogP contribution in [-0.4, -0.2) is 9.97 Å². The Morgan fingerprint density at radius 1 is 0.885 bits per heavy atom. The van der Waals surface area contributed by atoms with Gasteiger partial charge in [-0.3, -0.25) is 0 Å². The Hall–Kier alpha value is -1.13. The maximum Gasteiger partial charge on any atom is 0.451 e. The van der Waals surface area contributed by atoms with Crippen molar-refractivity contribution in [3.05, 3.63) is 23.8 Å². The maximum absolute atomic E-state index is 12.6. The molecule has 2 fully saturated rings. The summed E-state index contributed by atoms with van der Waals surface area (Å²) in [6.45, 7) is 2.27. The monoisotopic (exact) mass is 368 g/mol. The second-order valence-corrected chi connectivity index (χ2v) is 8.37. The van der Waals surface area contributed by atoms with Gasteiger partial charge >= 0.3 is 6.18 Å². The third-order valence-electron chi connectivity index (χ3n) is 6.69. The largest absolute Gasteiger partial charge is 0.451 e. The van der Waals surface area contributed by atoms with E-state index in [1.54, 1.807) is 0 Å². The quantitative estimate of drug-likeness (QED) is 0.573. The van der Waals surface area contributed by atoms with Crippen molar-refractivity contribution in [1.82, 2.24) is 9.97 Å². The van der Waals surface area contributed by atoms with Crippen molar-refractivity contribution in [1.29, 1.82) is 0 Å². The van der Waals surface area contributed by atoms with Crippen LogP contribution in [0.5, 0.6) is 0 Å². The molecule has 26 heavy (non-hydrogen) atoms. The maximum atomic E-state index is 12.6. The third kappa shape index (κ3) is 4.98. The molecule has 1 aromatic heterocycles. The van der Waals surface area contributed by atoms with E-state index >= 15 is 0 Å². The van der Waals surface area contributed by atoms with E-state index in [9.17, 15) is 13.2 Å². The fourth-order valence-corrected chi connectivity index (χ4v) is 5.06. The molecule has 0 aromatic carbocycles. The van der Waals surface area contributed by atoms with Gasteiger partial charge in [0.2, 0.25) is 5.82 Å². The number of hydrogen-bond acceptors (Lipinski definition) is 2. The first-order valence-electron chi connectivity index (χ1n) is 10.4. The summed E-state index contributed by atoms with van der Waals surface area (Å²) in [6.07, 6.45) is 12.5. The Balaban J connectivity index is 1.46. The molecule has 5 heteroatoms. The van der Waals surface area contributed by atoms with Gasteiger partial charge in [0.25, 0.3) is 0 Å². The summed E-state index contributed by atoms with van der Waals surface area (Å²) in [7, 11) is 0. The van der Waals surface area contributed by atoms with Gasteiger partial charge in [0.1, 0.15) is 0 Å². The molecule has 0 N–H and O–H groups in total. The lowest BCUT2D eigenvalue weighted by Crippen LogP contribution is -2.25. The van der Waals surface area contributed by atoms with Crippen LogP contribution in [0.3, 0.4) is 0 Å². The van der Waals surface area contributed by atoms with Crippen molar-refractivity contribution >= 4 is 0 Å². The van der Waals surface area contributed by atoms with Crippen LogP contribution < -0.4 is 0 Å². The molecule has 1 aromatic rings. The van der Waals surface area contributed by atoms with Crippen molar-refractivity contribution in [2.75, 3.05) is 0 Å². The molecule has 2 nitrogen and oxygen atoms in total. The second-order valence-electron chi connectivity index (χ2n) is 8.37. The molecule has 2 aliphatic rings. The van der Waals surface area contributed by atoms with Crippen LogP contribution in [0.25, 0.3) is 0 Å². The standard InChI is InChI=1S/C21H31F3N2/c1-2-3-4-15-5-7-16(8-6-15)17-9-11-18(12-10-17)19-13-25-20(26-14-19)21(22,23)24/h13-18H,2-12H2,1H3/t15-,16-,17-,18-. The molecule has 0 bridgehead atoms. The summed E-state index contributed by atoms with van der Waals surface area (Å²) in [4.78, 5) is 7.06. The Bertz CT molecular complexity index is 539. The predicted molar refractivity (Wildman–Crippen MR) is 96.7 cm³/mol. The summed E-state index contributed by atoms with van der Waals surface area (Å²) in [5.41, 5.74) is 0.875. The van der Waals surface area contributed by atoms with Crippen LogP contribution >= 0.6 is 0 Å². The lowest BCUT2D eigenvalue weighted by Gasteiger charge is -2.38. The smallest absolute Gasteiger partial charge is 0.233 e. The summed E-state index contributed by atoms with van der Waals surface area (Å²) in [6, 6.07) is 0. The van der Waals surface area contributed by atoms with Gasteiger partial charge in [-0.15, -0.1) is 0 Å². The fraction of sp³-hybridized carbons (Fsp3) is 0.810. The van der Waals surface area contributed by atoms with E-state index in [1.165, 1.54) is 70.2 Å². The van der Waals surface area contributed by atoms with Crippen LogP contribution in [-0.2, 0) is 6.18 Å². The first kappa shape index (κ1) is 19.6. The molecule has 0 amide bonds. The van der Waals surface area contributed by atoms with Gasteiger partial charge in [-0.1, -0.05) is 39.0 Å². The van der Waals surface area contributed by atoms with Crippen LogP contribution in [0, 0.1) is 17.8 Å². The summed E-state index contributed by atoms with van der Waals surface area (Å²) >= 11 is 0. The minimum atomic E-state index is -4.45. The number of halogens is 3. The number of aromatic nitrogens is 2. The van der Waals surface area contributed by atoms with Gasteiger partial charge in [-0.2, -0.15) is 13.2 Å². The molecule has 0 atom stereocenters. The van der Waals surface area contributed by atoms with Gasteiger partial charge in [0.15, 0.2) is 0 Å². The minimum absolute atomic E-state index is 0.328. The van der Waals surface area contributed by atoms with E-state index in [2.05, 4.69) is 16.9 Å². The Morgan fingerprint density at radius 2 is 1.42 bits per heavy atom. The highest BCUT2D eigenvalue weighted by atomic mass is 19.4. The van der Waals surface area contributed by atoms with Gasteiger partial charge in [-0.25, -0.2) is 9.97 Å². The van der Waals surface area contributed by atoms with Gasteiger partial charge in [0.05, 0.1) is 0 Å². The van der Waals surface area contributed by atoms with Crippen LogP contribution in [0.1, 0.15) is 94.9 Å². The number of alkyl halides is 3. The second kappa shape index (κ2) is 8.71. The highest BCUT2D eigenvalue weighted by Crippen LogP contribution is 2.44. The van der Waals surface area contributed by atoms with Gasteiger partial charge in [-0.05, 0) is 67.8 Å². The first-order chi connectivity index (χ1) is 12.5. The Morgan fingerprint density at radius 3 is 1.92 bits per heavy atom. The van der Waals surface area contributed by atoms with E-state index in [0.29, 0.717) is 5.92 Å². The highest BCUT2D eigenvalue weighted by Gasteiger charge is 2.35. The number of nitrogens with zero attached hydrogens (tertiary/aromatic N) is 2. The van der Waals surface area contributed by atoms with E-state index in [0.717, 1.165) is 36.2 Å². The molecule has 2 saturated carbocycles. The normalized spacial score (nSPS) is 30.3. The van der Waals surface area contributed by atoms with E-state index in [-0.39, 0.29) is 0 Å². The predicted octanol–water partition coefficient (Wildman–Crippen LogP) is 6.77. The van der Waals surface area contributed by atoms with Crippen molar-refractivity contribution in [2.24, 2.45) is 17.8 Å². The van der Waals surface area contributed by atoms with Crippen LogP contribution in [0.2, 0.25) is 0 Å². The van der Waals surface area contributed by atoms with Crippen molar-refractivity contribution in [2.45, 2.75) is 89.6 Å². The van der Waals surface area contributed by atoms with Crippen molar-refractivity contribution in [3.8, 4) is 0 Å². The zero-order valence-corrected chi connectivity index (χ0v) is 15.8. The van der Waals surface area contributed by atoms with Crippen molar-refractivity contribution < 1.29 is 13.2 Å². The SMILES string of the molecule is CCCC[C@H]1CC[C@H]([C@H]2CC[C@H](c3cnc(C(F)(F)F)nc3)CC2)CC1. The van der Waals surface area contributed by atoms with Crippen LogP contribution in [0.4, 0.5) is 13.2 Å². The zero-order chi connectivity index (χ0) is 18.6. The lowest BCUT2D eigenvalue weighted by atomic mass is 9.68. The zero-order valence-electron chi connectivity index (χ0n) is 15.8. The Kier molecular flexibility index (Phi) is 6.57. The van der Waals surface area contributed by atoms with E-state index in [1.807, 2.05) is 0 Å². The first-order valence-corrected chi connectivity index (χ1v) is 10.4. The molecule has 0 radical (unpaired) electrons.